The van der Waals surface area contributed by atoms with Crippen molar-refractivity contribution in [2.24, 2.45) is 0 Å². The molecule has 5 heteroatoms. The van der Waals surface area contributed by atoms with E-state index >= 15 is 0 Å². The number of carbonyl (C=O) groups is 1. The summed E-state index contributed by atoms with van der Waals surface area (Å²) in [5, 5.41) is 9.16. The third kappa shape index (κ3) is 1.85. The van der Waals surface area contributed by atoms with Crippen LogP contribution in [-0.4, -0.2) is 28.2 Å². The Morgan fingerprint density at radius 3 is 2.68 bits per heavy atom. The van der Waals surface area contributed by atoms with Crippen LogP contribution in [-0.2, 0) is 0 Å². The van der Waals surface area contributed by atoms with E-state index in [1.165, 1.54) is 6.07 Å². The number of fused-ring (bicyclic) bond motifs is 2. The van der Waals surface area contributed by atoms with Gasteiger partial charge in [-0.3, -0.25) is 0 Å². The Bertz CT molecular complexity index is 799. The van der Waals surface area contributed by atoms with Gasteiger partial charge >= 0.3 is 5.97 Å². The molecule has 5 nitrogen and oxygen atoms in total. The molecule has 0 aliphatic rings. The Morgan fingerprint density at radius 2 is 1.95 bits per heavy atom. The predicted octanol–water partition coefficient (Wildman–Crippen LogP) is 2.49. The van der Waals surface area contributed by atoms with Crippen LogP contribution in [0.3, 0.4) is 0 Å². The van der Waals surface area contributed by atoms with E-state index in [2.05, 4.69) is 9.97 Å². The van der Waals surface area contributed by atoms with E-state index in [9.17, 15) is 4.79 Å². The van der Waals surface area contributed by atoms with Crippen molar-refractivity contribution >= 4 is 28.0 Å². The number of hydrogen-bond acceptors (Lipinski definition) is 4. The normalized spacial score (nSPS) is 10.8. The fraction of sp³-hybridized carbons (Fsp3) is 0.0714. The molecule has 0 fully saturated rings. The van der Waals surface area contributed by atoms with Gasteiger partial charge in [0.2, 0.25) is 0 Å². The van der Waals surface area contributed by atoms with Gasteiger partial charge < -0.3 is 9.84 Å². The Morgan fingerprint density at radius 1 is 1.11 bits per heavy atom. The number of aromatic nitrogens is 2. The summed E-state index contributed by atoms with van der Waals surface area (Å²) in [4.78, 5) is 20.0. The first-order chi connectivity index (χ1) is 9.19. The van der Waals surface area contributed by atoms with Crippen molar-refractivity contribution in [2.45, 2.75) is 0 Å². The van der Waals surface area contributed by atoms with Gasteiger partial charge in [0.15, 0.2) is 0 Å². The summed E-state index contributed by atoms with van der Waals surface area (Å²) < 4.78 is 5.13. The van der Waals surface area contributed by atoms with Crippen LogP contribution in [0.4, 0.5) is 0 Å². The summed E-state index contributed by atoms with van der Waals surface area (Å²) in [5.74, 6) is -0.351. The van der Waals surface area contributed by atoms with E-state index in [0.29, 0.717) is 27.8 Å². The van der Waals surface area contributed by atoms with Crippen molar-refractivity contribution < 1.29 is 14.6 Å². The molecule has 2 aromatic carbocycles. The van der Waals surface area contributed by atoms with E-state index in [1.54, 1.807) is 37.4 Å². The maximum Gasteiger partial charge on any atom is 0.337 e. The Kier molecular flexibility index (Phi) is 2.52. The van der Waals surface area contributed by atoms with Crippen molar-refractivity contribution in [1.29, 1.82) is 0 Å². The van der Waals surface area contributed by atoms with Crippen LogP contribution in [0.15, 0.2) is 36.4 Å². The van der Waals surface area contributed by atoms with Gasteiger partial charge in [-0.15, -0.1) is 0 Å². The highest BCUT2D eigenvalue weighted by atomic mass is 16.5. The Labute approximate surface area is 108 Å². The summed E-state index contributed by atoms with van der Waals surface area (Å²) >= 11 is 0. The summed E-state index contributed by atoms with van der Waals surface area (Å²) in [5.41, 5.74) is 2.42. The largest absolute Gasteiger partial charge is 0.497 e. The minimum Gasteiger partial charge on any atom is -0.497 e. The molecule has 1 heterocycles. The van der Waals surface area contributed by atoms with Crippen LogP contribution in [0.5, 0.6) is 5.75 Å². The predicted molar refractivity (Wildman–Crippen MR) is 70.6 cm³/mol. The number of hydrogen-bond donors (Lipinski definition) is 1. The van der Waals surface area contributed by atoms with Gasteiger partial charge in [-0.25, -0.2) is 14.8 Å². The fourth-order valence-corrected chi connectivity index (χ4v) is 1.98. The number of carboxylic acid groups (broad SMARTS) is 1. The molecule has 0 saturated carbocycles. The molecule has 1 N–H and O–H groups in total. The molecule has 19 heavy (non-hydrogen) atoms. The molecule has 0 amide bonds. The molecule has 3 rings (SSSR count). The Balaban J connectivity index is 2.39. The van der Waals surface area contributed by atoms with E-state index in [1.807, 2.05) is 0 Å². The minimum atomic E-state index is -1.01. The average Bonchev–Trinajstić information content (AvgIpc) is 2.43. The SMILES string of the molecule is COc1ccc2nc3cccc(C(=O)O)c3nc2c1. The first-order valence-electron chi connectivity index (χ1n) is 5.67. The van der Waals surface area contributed by atoms with Gasteiger partial charge in [0.25, 0.3) is 0 Å². The van der Waals surface area contributed by atoms with Gasteiger partial charge in [-0.05, 0) is 24.3 Å². The zero-order valence-electron chi connectivity index (χ0n) is 10.1. The minimum absolute atomic E-state index is 0.148. The highest BCUT2D eigenvalue weighted by Gasteiger charge is 2.11. The number of aromatic carboxylic acids is 1. The second-order valence-electron chi connectivity index (χ2n) is 4.06. The van der Waals surface area contributed by atoms with E-state index in [4.69, 9.17) is 9.84 Å². The summed E-state index contributed by atoms with van der Waals surface area (Å²) in [6, 6.07) is 10.3. The maximum atomic E-state index is 11.2. The number of benzene rings is 2. The lowest BCUT2D eigenvalue weighted by atomic mass is 10.1. The molecule has 94 valence electrons. The third-order valence-corrected chi connectivity index (χ3v) is 2.90. The van der Waals surface area contributed by atoms with Crippen LogP contribution in [0.1, 0.15) is 10.4 Å². The molecule has 0 spiro atoms. The number of carboxylic acids is 1. The zero-order chi connectivity index (χ0) is 13.4. The number of rotatable bonds is 2. The van der Waals surface area contributed by atoms with Gasteiger partial charge in [0.1, 0.15) is 11.3 Å². The summed E-state index contributed by atoms with van der Waals surface area (Å²) in [6.45, 7) is 0. The number of nitrogens with zero attached hydrogens (tertiary/aromatic N) is 2. The first-order valence-corrected chi connectivity index (χ1v) is 5.67. The van der Waals surface area contributed by atoms with Gasteiger partial charge in [0.05, 0.1) is 29.2 Å². The molecule has 0 unspecified atom stereocenters. The topological polar surface area (TPSA) is 72.3 Å². The number of ether oxygens (including phenoxy) is 1. The van der Waals surface area contributed by atoms with Crippen molar-refractivity contribution in [3.63, 3.8) is 0 Å². The molecule has 1 aromatic heterocycles. The summed E-state index contributed by atoms with van der Waals surface area (Å²) in [7, 11) is 1.57. The van der Waals surface area contributed by atoms with Crippen molar-refractivity contribution in [1.82, 2.24) is 9.97 Å². The van der Waals surface area contributed by atoms with Gasteiger partial charge in [-0.2, -0.15) is 0 Å². The quantitative estimate of drug-likeness (QED) is 0.711. The van der Waals surface area contributed by atoms with Gasteiger partial charge in [-0.1, -0.05) is 6.07 Å². The van der Waals surface area contributed by atoms with Crippen LogP contribution >= 0.6 is 0 Å². The molecular weight excluding hydrogens is 244 g/mol. The maximum absolute atomic E-state index is 11.2. The molecule has 0 radical (unpaired) electrons. The van der Waals surface area contributed by atoms with E-state index in [0.717, 1.165) is 0 Å². The van der Waals surface area contributed by atoms with Gasteiger partial charge in [0, 0.05) is 6.07 Å². The lowest BCUT2D eigenvalue weighted by Crippen LogP contribution is -2.00. The average molecular weight is 254 g/mol. The van der Waals surface area contributed by atoms with Crippen LogP contribution in [0, 0.1) is 0 Å². The smallest absolute Gasteiger partial charge is 0.337 e. The molecular formula is C14H10N2O3. The molecule has 0 aliphatic carbocycles. The highest BCUT2D eigenvalue weighted by Crippen LogP contribution is 2.22. The fourth-order valence-electron chi connectivity index (χ4n) is 1.98. The van der Waals surface area contributed by atoms with E-state index in [-0.39, 0.29) is 5.56 Å². The number of para-hydroxylation sites is 1. The summed E-state index contributed by atoms with van der Waals surface area (Å²) in [6.07, 6.45) is 0. The molecule has 0 atom stereocenters. The first kappa shape index (κ1) is 11.4. The molecule has 3 aromatic rings. The third-order valence-electron chi connectivity index (χ3n) is 2.90. The molecule has 0 aliphatic heterocycles. The number of methoxy groups -OCH3 is 1. The second-order valence-corrected chi connectivity index (χ2v) is 4.06. The monoisotopic (exact) mass is 254 g/mol. The Hall–Kier alpha value is -2.69. The van der Waals surface area contributed by atoms with Crippen molar-refractivity contribution in [3.05, 3.63) is 42.0 Å². The zero-order valence-corrected chi connectivity index (χ0v) is 10.1. The molecule has 0 bridgehead atoms. The second kappa shape index (κ2) is 4.20. The van der Waals surface area contributed by atoms with E-state index < -0.39 is 5.97 Å². The van der Waals surface area contributed by atoms with Crippen molar-refractivity contribution in [3.8, 4) is 5.75 Å². The lowest BCUT2D eigenvalue weighted by molar-refractivity contribution is 0.0699. The molecule has 0 saturated heterocycles. The van der Waals surface area contributed by atoms with Crippen LogP contribution in [0.2, 0.25) is 0 Å². The lowest BCUT2D eigenvalue weighted by Gasteiger charge is -2.05. The standard InChI is InChI=1S/C14H10N2O3/c1-19-8-5-6-10-12(7-8)16-13-9(14(17)18)3-2-4-11(13)15-10/h2-7H,1H3,(H,17,18). The van der Waals surface area contributed by atoms with Crippen LogP contribution < -0.4 is 4.74 Å². The van der Waals surface area contributed by atoms with Crippen molar-refractivity contribution in [2.75, 3.05) is 7.11 Å². The van der Waals surface area contributed by atoms with Crippen LogP contribution in [0.25, 0.3) is 22.1 Å². The highest BCUT2D eigenvalue weighted by molar-refractivity contribution is 6.02.